The van der Waals surface area contributed by atoms with Crippen LogP contribution in [-0.4, -0.2) is 12.6 Å². The Hall–Kier alpha value is -1.02. The number of hydrogen-bond donors (Lipinski definition) is 1. The molecule has 2 heteroatoms. The summed E-state index contributed by atoms with van der Waals surface area (Å²) < 4.78 is 5.83. The van der Waals surface area contributed by atoms with Crippen LogP contribution in [0.1, 0.15) is 43.1 Å². The molecule has 0 spiro atoms. The van der Waals surface area contributed by atoms with Crippen molar-refractivity contribution in [3.05, 3.63) is 28.8 Å². The Balaban J connectivity index is 2.40. The van der Waals surface area contributed by atoms with Crippen LogP contribution in [0.2, 0.25) is 0 Å². The number of ether oxygens (including phenoxy) is 1. The summed E-state index contributed by atoms with van der Waals surface area (Å²) in [5.74, 6) is 0. The number of aryl methyl sites for hydroxylation is 2. The smallest absolute Gasteiger partial charge is 0.0864 e. The molecule has 2 atom stereocenters. The van der Waals surface area contributed by atoms with Crippen molar-refractivity contribution in [3.63, 3.8) is 0 Å². The fourth-order valence-electron chi connectivity index (χ4n) is 2.36. The van der Waals surface area contributed by atoms with Gasteiger partial charge in [-0.15, -0.1) is 0 Å². The van der Waals surface area contributed by atoms with Crippen molar-refractivity contribution in [2.24, 2.45) is 0 Å². The number of fused-ring (bicyclic) bond motifs is 1. The molecule has 2 rings (SSSR count). The topological polar surface area (TPSA) is 21.3 Å². The highest BCUT2D eigenvalue weighted by atomic mass is 16.5. The van der Waals surface area contributed by atoms with E-state index in [0.717, 1.165) is 13.0 Å². The van der Waals surface area contributed by atoms with E-state index in [-0.39, 0.29) is 6.10 Å². The summed E-state index contributed by atoms with van der Waals surface area (Å²) in [7, 11) is 0. The molecule has 1 N–H and O–H groups in total. The quantitative estimate of drug-likeness (QED) is 0.820. The van der Waals surface area contributed by atoms with Gasteiger partial charge in [0.1, 0.15) is 0 Å². The van der Waals surface area contributed by atoms with Crippen molar-refractivity contribution in [1.82, 2.24) is 0 Å². The predicted octanol–water partition coefficient (Wildman–Crippen LogP) is 3.59. The van der Waals surface area contributed by atoms with Gasteiger partial charge in [-0.1, -0.05) is 6.07 Å². The largest absolute Gasteiger partial charge is 0.382 e. The van der Waals surface area contributed by atoms with Gasteiger partial charge < -0.3 is 10.1 Å². The fourth-order valence-corrected chi connectivity index (χ4v) is 2.36. The van der Waals surface area contributed by atoms with Crippen LogP contribution in [0.25, 0.3) is 0 Å². The Bertz CT molecular complexity index is 387. The molecule has 88 valence electrons. The zero-order valence-electron chi connectivity index (χ0n) is 10.6. The van der Waals surface area contributed by atoms with Gasteiger partial charge in [0.05, 0.1) is 6.10 Å². The van der Waals surface area contributed by atoms with E-state index < -0.39 is 0 Å². The van der Waals surface area contributed by atoms with E-state index in [2.05, 4.69) is 45.1 Å². The highest BCUT2D eigenvalue weighted by Gasteiger charge is 2.24. The first-order valence-electron chi connectivity index (χ1n) is 6.11. The van der Waals surface area contributed by atoms with Crippen LogP contribution in [0.15, 0.2) is 12.1 Å². The third-order valence-corrected chi connectivity index (χ3v) is 3.35. The molecule has 2 nitrogen and oxygen atoms in total. The Kier molecular flexibility index (Phi) is 3.20. The molecule has 0 unspecified atom stereocenters. The molecule has 0 fully saturated rings. The van der Waals surface area contributed by atoms with Gasteiger partial charge in [0.15, 0.2) is 0 Å². The summed E-state index contributed by atoms with van der Waals surface area (Å²) in [5.41, 5.74) is 5.26. The van der Waals surface area contributed by atoms with Crippen LogP contribution in [-0.2, 0) is 4.74 Å². The van der Waals surface area contributed by atoms with Gasteiger partial charge in [0.2, 0.25) is 0 Å². The zero-order valence-corrected chi connectivity index (χ0v) is 10.6. The lowest BCUT2D eigenvalue weighted by Crippen LogP contribution is -2.27. The molecule has 0 aromatic heterocycles. The van der Waals surface area contributed by atoms with Crippen molar-refractivity contribution in [2.45, 2.75) is 46.3 Å². The number of benzene rings is 1. The molecule has 1 aromatic rings. The lowest BCUT2D eigenvalue weighted by molar-refractivity contribution is 0.0512. The van der Waals surface area contributed by atoms with E-state index in [9.17, 15) is 0 Å². The van der Waals surface area contributed by atoms with Crippen LogP contribution >= 0.6 is 0 Å². The Labute approximate surface area is 98.0 Å². The van der Waals surface area contributed by atoms with E-state index in [1.165, 1.54) is 22.4 Å². The second-order valence-electron chi connectivity index (χ2n) is 4.75. The van der Waals surface area contributed by atoms with E-state index >= 15 is 0 Å². The molecule has 0 amide bonds. The summed E-state index contributed by atoms with van der Waals surface area (Å²) in [5, 5.41) is 3.54. The molecule has 16 heavy (non-hydrogen) atoms. The van der Waals surface area contributed by atoms with Gasteiger partial charge >= 0.3 is 0 Å². The number of nitrogens with one attached hydrogen (secondary N) is 1. The van der Waals surface area contributed by atoms with Crippen molar-refractivity contribution in [3.8, 4) is 0 Å². The number of rotatable bonds is 2. The third kappa shape index (κ3) is 2.07. The maximum absolute atomic E-state index is 5.83. The highest BCUT2D eigenvalue weighted by Crippen LogP contribution is 2.36. The minimum absolute atomic E-state index is 0.260. The highest BCUT2D eigenvalue weighted by molar-refractivity contribution is 5.58. The molecule has 0 bridgehead atoms. The van der Waals surface area contributed by atoms with Crippen molar-refractivity contribution >= 4 is 5.69 Å². The van der Waals surface area contributed by atoms with Crippen molar-refractivity contribution in [2.75, 3.05) is 11.9 Å². The molecular formula is C14H21NO. The maximum atomic E-state index is 5.83. The van der Waals surface area contributed by atoms with Crippen molar-refractivity contribution < 1.29 is 4.74 Å². The fraction of sp³-hybridized carbons (Fsp3) is 0.571. The zero-order chi connectivity index (χ0) is 11.7. The second-order valence-corrected chi connectivity index (χ2v) is 4.75. The molecule has 1 heterocycles. The average Bonchev–Trinajstić information content (AvgIpc) is 2.21. The summed E-state index contributed by atoms with van der Waals surface area (Å²) in [6, 6.07) is 5.00. The molecule has 0 saturated heterocycles. The summed E-state index contributed by atoms with van der Waals surface area (Å²) >= 11 is 0. The minimum Gasteiger partial charge on any atom is -0.382 e. The molecule has 1 aromatic carbocycles. The lowest BCUT2D eigenvalue weighted by atomic mass is 9.92. The van der Waals surface area contributed by atoms with Crippen LogP contribution < -0.4 is 5.32 Å². The Morgan fingerprint density at radius 2 is 2.00 bits per heavy atom. The number of hydrogen-bond acceptors (Lipinski definition) is 2. The maximum Gasteiger partial charge on any atom is 0.0864 e. The van der Waals surface area contributed by atoms with E-state index in [1.807, 2.05) is 0 Å². The summed E-state index contributed by atoms with van der Waals surface area (Å²) in [4.78, 5) is 0. The predicted molar refractivity (Wildman–Crippen MR) is 68.0 cm³/mol. The first-order chi connectivity index (χ1) is 7.61. The van der Waals surface area contributed by atoms with Gasteiger partial charge in [-0.2, -0.15) is 0 Å². The first kappa shape index (κ1) is 11.5. The summed E-state index contributed by atoms with van der Waals surface area (Å²) in [6.07, 6.45) is 1.32. The molecule has 0 saturated carbocycles. The van der Waals surface area contributed by atoms with Crippen LogP contribution in [0, 0.1) is 13.8 Å². The third-order valence-electron chi connectivity index (χ3n) is 3.35. The van der Waals surface area contributed by atoms with Gasteiger partial charge in [0, 0.05) is 23.9 Å². The lowest BCUT2D eigenvalue weighted by Gasteiger charge is -2.32. The van der Waals surface area contributed by atoms with Gasteiger partial charge in [-0.05, 0) is 51.3 Å². The average molecular weight is 219 g/mol. The van der Waals surface area contributed by atoms with E-state index in [1.54, 1.807) is 0 Å². The standard InChI is InChI=1S/C14H21NO/c1-5-16-14-8-11(4)15-13-7-10(3)9(2)6-12(13)14/h6-7,11,14-15H,5,8H2,1-4H3/t11-,14-/m1/s1. The summed E-state index contributed by atoms with van der Waals surface area (Å²) in [6.45, 7) is 9.38. The molecule has 0 aliphatic carbocycles. The van der Waals surface area contributed by atoms with E-state index in [4.69, 9.17) is 4.74 Å². The molecule has 1 aliphatic heterocycles. The van der Waals surface area contributed by atoms with Crippen molar-refractivity contribution in [1.29, 1.82) is 0 Å². The molecule has 0 radical (unpaired) electrons. The van der Waals surface area contributed by atoms with Crippen LogP contribution in [0.5, 0.6) is 0 Å². The van der Waals surface area contributed by atoms with Gasteiger partial charge in [-0.25, -0.2) is 0 Å². The Morgan fingerprint density at radius 1 is 1.31 bits per heavy atom. The minimum atomic E-state index is 0.260. The first-order valence-corrected chi connectivity index (χ1v) is 6.11. The second kappa shape index (κ2) is 4.46. The van der Waals surface area contributed by atoms with E-state index in [0.29, 0.717) is 6.04 Å². The van der Waals surface area contributed by atoms with Gasteiger partial charge in [-0.3, -0.25) is 0 Å². The van der Waals surface area contributed by atoms with Crippen LogP contribution in [0.3, 0.4) is 0 Å². The SMILES string of the molecule is CCO[C@@H]1C[C@@H](C)Nc2cc(C)c(C)cc21. The van der Waals surface area contributed by atoms with Gasteiger partial charge in [0.25, 0.3) is 0 Å². The monoisotopic (exact) mass is 219 g/mol. The normalized spacial score (nSPS) is 23.8. The Morgan fingerprint density at radius 3 is 2.69 bits per heavy atom. The number of anilines is 1. The van der Waals surface area contributed by atoms with Crippen LogP contribution in [0.4, 0.5) is 5.69 Å². The molecular weight excluding hydrogens is 198 g/mol. The molecule has 1 aliphatic rings.